The highest BCUT2D eigenvalue weighted by atomic mass is 32.2. The number of amides is 1. The summed E-state index contributed by atoms with van der Waals surface area (Å²) >= 11 is 0. The van der Waals surface area contributed by atoms with Crippen LogP contribution in [0.4, 0.5) is 0 Å². The lowest BCUT2D eigenvalue weighted by atomic mass is 10.4. The zero-order valence-electron chi connectivity index (χ0n) is 8.71. The Kier molecular flexibility index (Phi) is 6.86. The van der Waals surface area contributed by atoms with Crippen LogP contribution in [0.3, 0.4) is 0 Å². The minimum atomic E-state index is -0.673. The van der Waals surface area contributed by atoms with Crippen LogP contribution in [0.5, 0.6) is 0 Å². The predicted molar refractivity (Wildman–Crippen MR) is 56.1 cm³/mol. The first-order chi connectivity index (χ1) is 6.24. The molecule has 1 aliphatic rings. The Hall–Kier alpha value is -0.380. The molecular formula is C9H19NO2S. The van der Waals surface area contributed by atoms with Crippen LogP contribution >= 0.6 is 0 Å². The minimum Gasteiger partial charge on any atom is -0.341 e. The molecule has 0 aliphatic carbocycles. The third-order valence-corrected chi connectivity index (χ3v) is 3.11. The lowest BCUT2D eigenvalue weighted by Crippen LogP contribution is -2.41. The third kappa shape index (κ3) is 4.41. The number of rotatable bonds is 1. The van der Waals surface area contributed by atoms with Crippen molar-refractivity contribution >= 4 is 16.7 Å². The van der Waals surface area contributed by atoms with E-state index in [4.69, 9.17) is 0 Å². The number of nitrogens with zero attached hydrogens (tertiary/aromatic N) is 1. The monoisotopic (exact) mass is 205 g/mol. The number of hydrogen-bond donors (Lipinski definition) is 0. The summed E-state index contributed by atoms with van der Waals surface area (Å²) in [6, 6.07) is 0. The van der Waals surface area contributed by atoms with Crippen molar-refractivity contribution in [1.29, 1.82) is 0 Å². The van der Waals surface area contributed by atoms with E-state index in [-0.39, 0.29) is 5.91 Å². The van der Waals surface area contributed by atoms with Crippen LogP contribution in [0, 0.1) is 0 Å². The van der Waals surface area contributed by atoms with E-state index < -0.39 is 10.8 Å². The molecule has 0 N–H and O–H groups in total. The summed E-state index contributed by atoms with van der Waals surface area (Å²) in [6.45, 7) is 7.21. The molecule has 0 atom stereocenters. The molecule has 0 saturated carbocycles. The van der Waals surface area contributed by atoms with Crippen LogP contribution in [-0.4, -0.2) is 39.6 Å². The van der Waals surface area contributed by atoms with Gasteiger partial charge in [0.1, 0.15) is 0 Å². The molecule has 0 unspecified atom stereocenters. The van der Waals surface area contributed by atoms with E-state index in [2.05, 4.69) is 0 Å². The van der Waals surface area contributed by atoms with Crippen LogP contribution in [-0.2, 0) is 15.6 Å². The van der Waals surface area contributed by atoms with Gasteiger partial charge in [-0.15, -0.1) is 0 Å². The van der Waals surface area contributed by atoms with Gasteiger partial charge in [0.2, 0.25) is 5.91 Å². The number of carbonyl (C=O) groups is 1. The van der Waals surface area contributed by atoms with Crippen molar-refractivity contribution in [2.45, 2.75) is 27.2 Å². The molecule has 0 radical (unpaired) electrons. The van der Waals surface area contributed by atoms with Crippen LogP contribution in [0.2, 0.25) is 0 Å². The van der Waals surface area contributed by atoms with Gasteiger partial charge in [0.25, 0.3) is 0 Å². The van der Waals surface area contributed by atoms with Crippen LogP contribution in [0.15, 0.2) is 0 Å². The average Bonchev–Trinajstić information content (AvgIpc) is 2.21. The van der Waals surface area contributed by atoms with Gasteiger partial charge >= 0.3 is 0 Å². The van der Waals surface area contributed by atoms with E-state index in [0.717, 1.165) is 0 Å². The Morgan fingerprint density at radius 2 is 1.77 bits per heavy atom. The molecule has 1 fully saturated rings. The smallest absolute Gasteiger partial charge is 0.222 e. The lowest BCUT2D eigenvalue weighted by Gasteiger charge is -2.25. The van der Waals surface area contributed by atoms with E-state index in [1.54, 1.807) is 4.90 Å². The van der Waals surface area contributed by atoms with Crippen molar-refractivity contribution in [2.75, 3.05) is 24.6 Å². The van der Waals surface area contributed by atoms with Crippen LogP contribution in [0.1, 0.15) is 27.2 Å². The SMILES string of the molecule is CC.CCC(=O)N1CCS(=O)CC1. The van der Waals surface area contributed by atoms with Crippen molar-refractivity contribution in [3.63, 3.8) is 0 Å². The van der Waals surface area contributed by atoms with Crippen molar-refractivity contribution in [2.24, 2.45) is 0 Å². The Balaban J connectivity index is 0.000000671. The largest absolute Gasteiger partial charge is 0.341 e. The summed E-state index contributed by atoms with van der Waals surface area (Å²) in [5.41, 5.74) is 0. The molecule has 0 spiro atoms. The molecule has 1 rings (SSSR count). The Morgan fingerprint density at radius 1 is 1.31 bits per heavy atom. The van der Waals surface area contributed by atoms with Crippen LogP contribution in [0.25, 0.3) is 0 Å². The second-order valence-corrected chi connectivity index (χ2v) is 4.28. The first-order valence-corrected chi connectivity index (χ1v) is 6.35. The highest BCUT2D eigenvalue weighted by Gasteiger charge is 2.17. The molecule has 0 aromatic heterocycles. The maximum absolute atomic E-state index is 11.1. The van der Waals surface area contributed by atoms with E-state index in [0.29, 0.717) is 31.0 Å². The van der Waals surface area contributed by atoms with Crippen molar-refractivity contribution in [3.05, 3.63) is 0 Å². The maximum Gasteiger partial charge on any atom is 0.222 e. The van der Waals surface area contributed by atoms with Crippen molar-refractivity contribution in [3.8, 4) is 0 Å². The van der Waals surface area contributed by atoms with Gasteiger partial charge in [-0.05, 0) is 0 Å². The molecule has 0 aromatic carbocycles. The molecule has 1 aliphatic heterocycles. The molecule has 0 bridgehead atoms. The fourth-order valence-corrected chi connectivity index (χ4v) is 2.16. The molecule has 1 heterocycles. The van der Waals surface area contributed by atoms with Gasteiger partial charge in [-0.1, -0.05) is 20.8 Å². The van der Waals surface area contributed by atoms with Crippen molar-refractivity contribution in [1.82, 2.24) is 4.90 Å². The Labute approximate surface area is 83.0 Å². The quantitative estimate of drug-likeness (QED) is 0.641. The molecule has 1 saturated heterocycles. The first-order valence-electron chi connectivity index (χ1n) is 4.86. The molecule has 78 valence electrons. The Morgan fingerprint density at radius 3 is 2.15 bits per heavy atom. The summed E-state index contributed by atoms with van der Waals surface area (Å²) in [6.07, 6.45) is 0.562. The molecule has 3 nitrogen and oxygen atoms in total. The first kappa shape index (κ1) is 12.6. The third-order valence-electron chi connectivity index (χ3n) is 1.83. The highest BCUT2D eigenvalue weighted by Crippen LogP contribution is 2.01. The molecule has 4 heteroatoms. The minimum absolute atomic E-state index is 0.182. The average molecular weight is 205 g/mol. The molecule has 0 aromatic rings. The molecular weight excluding hydrogens is 186 g/mol. The van der Waals surface area contributed by atoms with Gasteiger partial charge in [0.05, 0.1) is 0 Å². The highest BCUT2D eigenvalue weighted by molar-refractivity contribution is 7.85. The zero-order chi connectivity index (χ0) is 10.3. The van der Waals surface area contributed by atoms with Crippen molar-refractivity contribution < 1.29 is 9.00 Å². The van der Waals surface area contributed by atoms with Gasteiger partial charge in [-0.25, -0.2) is 0 Å². The van der Waals surface area contributed by atoms with Gasteiger partial charge in [0, 0.05) is 41.8 Å². The summed E-state index contributed by atoms with van der Waals surface area (Å²) in [4.78, 5) is 12.9. The normalized spacial score (nSPS) is 17.6. The summed E-state index contributed by atoms with van der Waals surface area (Å²) in [7, 11) is -0.673. The fourth-order valence-electron chi connectivity index (χ4n) is 1.11. The Bertz CT molecular complexity index is 172. The van der Waals surface area contributed by atoms with Crippen LogP contribution < -0.4 is 0 Å². The fraction of sp³-hybridized carbons (Fsp3) is 0.889. The predicted octanol–water partition coefficient (Wildman–Crippen LogP) is 1.01. The van der Waals surface area contributed by atoms with Gasteiger partial charge in [-0.2, -0.15) is 0 Å². The van der Waals surface area contributed by atoms with E-state index >= 15 is 0 Å². The summed E-state index contributed by atoms with van der Waals surface area (Å²) in [5, 5.41) is 0. The second-order valence-electron chi connectivity index (χ2n) is 2.58. The second kappa shape index (κ2) is 7.06. The topological polar surface area (TPSA) is 37.4 Å². The van der Waals surface area contributed by atoms with Gasteiger partial charge in [0.15, 0.2) is 0 Å². The van der Waals surface area contributed by atoms with E-state index in [1.165, 1.54) is 0 Å². The van der Waals surface area contributed by atoms with Gasteiger partial charge in [-0.3, -0.25) is 9.00 Å². The molecule has 13 heavy (non-hydrogen) atoms. The number of hydrogen-bond acceptors (Lipinski definition) is 2. The standard InChI is InChI=1S/C7H13NO2S.C2H6/c1-2-7(9)8-3-5-11(10)6-4-8;1-2/h2-6H2,1H3;1-2H3. The maximum atomic E-state index is 11.1. The van der Waals surface area contributed by atoms with E-state index in [9.17, 15) is 9.00 Å². The zero-order valence-corrected chi connectivity index (χ0v) is 9.52. The summed E-state index contributed by atoms with van der Waals surface area (Å²) in [5.74, 6) is 1.50. The van der Waals surface area contributed by atoms with E-state index in [1.807, 2.05) is 20.8 Å². The molecule has 1 amide bonds. The lowest BCUT2D eigenvalue weighted by molar-refractivity contribution is -0.130. The van der Waals surface area contributed by atoms with Gasteiger partial charge < -0.3 is 4.90 Å². The number of carbonyl (C=O) groups excluding carboxylic acids is 1. The summed E-state index contributed by atoms with van der Waals surface area (Å²) < 4.78 is 10.9.